The average Bonchev–Trinajstić information content (AvgIpc) is 2.91. The first-order valence-corrected chi connectivity index (χ1v) is 8.85. The Bertz CT molecular complexity index is 1080. The minimum Gasteiger partial charge on any atom is -0.483 e. The van der Waals surface area contributed by atoms with E-state index in [1.807, 2.05) is 0 Å². The van der Waals surface area contributed by atoms with Crippen LogP contribution in [0.1, 0.15) is 24.4 Å². The van der Waals surface area contributed by atoms with E-state index in [9.17, 15) is 18.0 Å². The van der Waals surface area contributed by atoms with Crippen molar-refractivity contribution < 1.29 is 22.6 Å². The third kappa shape index (κ3) is 4.56. The van der Waals surface area contributed by atoms with Crippen LogP contribution in [0.25, 0.3) is 0 Å². The molecular weight excluding hydrogens is 411 g/mol. The first kappa shape index (κ1) is 20.8. The van der Waals surface area contributed by atoms with Crippen LogP contribution in [-0.4, -0.2) is 14.3 Å². The van der Waals surface area contributed by atoms with Gasteiger partial charge in [-0.2, -0.15) is 18.3 Å². The fourth-order valence-electron chi connectivity index (χ4n) is 2.66. The second-order valence-corrected chi connectivity index (χ2v) is 6.71. The first-order valence-electron chi connectivity index (χ1n) is 8.47. The van der Waals surface area contributed by atoms with Gasteiger partial charge in [0.25, 0.3) is 0 Å². The Hall–Kier alpha value is -2.94. The third-order valence-electron chi connectivity index (χ3n) is 4.15. The number of alkyl halides is 3. The number of rotatable bonds is 5. The van der Waals surface area contributed by atoms with Gasteiger partial charge < -0.3 is 9.47 Å². The molecule has 0 aliphatic rings. The van der Waals surface area contributed by atoms with E-state index in [2.05, 4.69) is 5.10 Å². The quantitative estimate of drug-likeness (QED) is 0.591. The van der Waals surface area contributed by atoms with E-state index in [0.717, 1.165) is 12.1 Å². The number of hydrogen-bond acceptors (Lipinski definition) is 4. The van der Waals surface area contributed by atoms with Crippen LogP contribution >= 0.6 is 11.6 Å². The topological polar surface area (TPSA) is 58.3 Å². The zero-order chi connectivity index (χ0) is 21.3. The zero-order valence-corrected chi connectivity index (χ0v) is 16.5. The highest BCUT2D eigenvalue weighted by Gasteiger charge is 2.31. The Morgan fingerprint density at radius 2 is 1.69 bits per heavy atom. The molecule has 6 nitrogen and oxygen atoms in total. The summed E-state index contributed by atoms with van der Waals surface area (Å²) in [5.41, 5.74) is -1.11. The van der Waals surface area contributed by atoms with Gasteiger partial charge in [-0.3, -0.25) is 4.57 Å². The van der Waals surface area contributed by atoms with E-state index in [-0.39, 0.29) is 16.5 Å². The van der Waals surface area contributed by atoms with Crippen molar-refractivity contribution in [2.75, 3.05) is 0 Å². The zero-order valence-electron chi connectivity index (χ0n) is 15.7. The van der Waals surface area contributed by atoms with E-state index in [0.29, 0.717) is 17.3 Å². The Balaban J connectivity index is 1.70. The fourth-order valence-corrected chi connectivity index (χ4v) is 2.88. The van der Waals surface area contributed by atoms with Crippen molar-refractivity contribution in [2.24, 2.45) is 14.1 Å². The van der Waals surface area contributed by atoms with Gasteiger partial charge in [0.05, 0.1) is 10.6 Å². The lowest BCUT2D eigenvalue weighted by Crippen LogP contribution is -2.21. The van der Waals surface area contributed by atoms with Gasteiger partial charge >= 0.3 is 11.9 Å². The van der Waals surface area contributed by atoms with Crippen molar-refractivity contribution in [3.05, 3.63) is 69.4 Å². The molecule has 0 bridgehead atoms. The lowest BCUT2D eigenvalue weighted by atomic mass is 10.2. The minimum atomic E-state index is -4.48. The van der Waals surface area contributed by atoms with Crippen LogP contribution in [0.4, 0.5) is 13.2 Å². The smallest absolute Gasteiger partial charge is 0.416 e. The van der Waals surface area contributed by atoms with Gasteiger partial charge in [0.1, 0.15) is 17.2 Å². The fraction of sp³-hybridized carbons (Fsp3) is 0.263. The average molecular weight is 428 g/mol. The maximum Gasteiger partial charge on any atom is 0.416 e. The molecular formula is C19H17ClF3N3O3. The standard InChI is InChI=1S/C19H17ClF3N3O3/c1-11(17-24-26(3)18(27)25(17)2)28-13-5-7-14(8-6-13)29-16-9-4-12(10-15(16)20)19(21,22)23/h4-11H,1-3H3. The summed E-state index contributed by atoms with van der Waals surface area (Å²) in [5, 5.41) is 3.99. The highest BCUT2D eigenvalue weighted by molar-refractivity contribution is 6.32. The predicted octanol–water partition coefficient (Wildman–Crippen LogP) is 4.72. The Labute approximate surface area is 169 Å². The van der Waals surface area contributed by atoms with Gasteiger partial charge in [0, 0.05) is 14.1 Å². The molecule has 3 aromatic rings. The van der Waals surface area contributed by atoms with E-state index in [4.69, 9.17) is 21.1 Å². The number of benzene rings is 2. The van der Waals surface area contributed by atoms with Crippen LogP contribution in [0.2, 0.25) is 5.02 Å². The first-order chi connectivity index (χ1) is 13.6. The number of halogens is 4. The van der Waals surface area contributed by atoms with Crippen molar-refractivity contribution in [1.82, 2.24) is 14.3 Å². The van der Waals surface area contributed by atoms with Crippen LogP contribution in [0.5, 0.6) is 17.2 Å². The van der Waals surface area contributed by atoms with E-state index in [1.165, 1.54) is 15.3 Å². The molecule has 0 aliphatic heterocycles. The summed E-state index contributed by atoms with van der Waals surface area (Å²) in [6.07, 6.45) is -4.96. The normalized spacial score (nSPS) is 12.7. The van der Waals surface area contributed by atoms with Crippen LogP contribution in [0, 0.1) is 0 Å². The molecule has 0 fully saturated rings. The highest BCUT2D eigenvalue weighted by atomic mass is 35.5. The number of hydrogen-bond donors (Lipinski definition) is 0. The molecule has 0 aliphatic carbocycles. The number of aryl methyl sites for hydroxylation is 1. The van der Waals surface area contributed by atoms with Gasteiger partial charge in [-0.15, -0.1) is 0 Å². The van der Waals surface area contributed by atoms with Gasteiger partial charge in [-0.1, -0.05) is 11.6 Å². The van der Waals surface area contributed by atoms with E-state index in [1.54, 1.807) is 45.3 Å². The summed E-state index contributed by atoms with van der Waals surface area (Å²) in [7, 11) is 3.16. The summed E-state index contributed by atoms with van der Waals surface area (Å²) < 4.78 is 52.1. The van der Waals surface area contributed by atoms with Crippen molar-refractivity contribution in [3.8, 4) is 17.2 Å². The summed E-state index contributed by atoms with van der Waals surface area (Å²) >= 11 is 5.90. The van der Waals surface area contributed by atoms with Crippen LogP contribution < -0.4 is 15.2 Å². The molecule has 1 heterocycles. The molecule has 0 N–H and O–H groups in total. The van der Waals surface area contributed by atoms with Gasteiger partial charge in [-0.05, 0) is 49.4 Å². The molecule has 29 heavy (non-hydrogen) atoms. The molecule has 0 spiro atoms. The molecule has 3 rings (SSSR count). The summed E-state index contributed by atoms with van der Waals surface area (Å²) in [6.45, 7) is 1.76. The van der Waals surface area contributed by atoms with Gasteiger partial charge in [0.15, 0.2) is 11.9 Å². The van der Waals surface area contributed by atoms with Crippen LogP contribution in [0.3, 0.4) is 0 Å². The van der Waals surface area contributed by atoms with Crippen LogP contribution in [-0.2, 0) is 20.3 Å². The monoisotopic (exact) mass is 427 g/mol. The molecule has 154 valence electrons. The molecule has 1 atom stereocenters. The number of ether oxygens (including phenoxy) is 2. The molecule has 0 radical (unpaired) electrons. The Kier molecular flexibility index (Phi) is 5.61. The molecule has 0 amide bonds. The third-order valence-corrected chi connectivity index (χ3v) is 4.44. The molecule has 1 aromatic heterocycles. The number of nitrogens with zero attached hydrogens (tertiary/aromatic N) is 3. The maximum absolute atomic E-state index is 12.7. The lowest BCUT2D eigenvalue weighted by Gasteiger charge is -2.14. The Morgan fingerprint density at radius 3 is 2.21 bits per heavy atom. The SMILES string of the molecule is CC(Oc1ccc(Oc2ccc(C(F)(F)F)cc2Cl)cc1)c1nn(C)c(=O)n1C. The van der Waals surface area contributed by atoms with Crippen molar-refractivity contribution in [2.45, 2.75) is 19.2 Å². The summed E-state index contributed by atoms with van der Waals surface area (Å²) in [5.74, 6) is 1.44. The van der Waals surface area contributed by atoms with Gasteiger partial charge in [0.2, 0.25) is 0 Å². The van der Waals surface area contributed by atoms with Gasteiger partial charge in [-0.25, -0.2) is 9.48 Å². The molecule has 1 unspecified atom stereocenters. The summed E-state index contributed by atoms with van der Waals surface area (Å²) in [4.78, 5) is 11.8. The molecule has 2 aromatic carbocycles. The second kappa shape index (κ2) is 7.82. The van der Waals surface area contributed by atoms with Crippen molar-refractivity contribution in [1.29, 1.82) is 0 Å². The van der Waals surface area contributed by atoms with Crippen LogP contribution in [0.15, 0.2) is 47.3 Å². The molecule has 0 saturated carbocycles. The molecule has 10 heteroatoms. The second-order valence-electron chi connectivity index (χ2n) is 6.30. The predicted molar refractivity (Wildman–Crippen MR) is 100 cm³/mol. The minimum absolute atomic E-state index is 0.102. The maximum atomic E-state index is 12.7. The largest absolute Gasteiger partial charge is 0.483 e. The highest BCUT2D eigenvalue weighted by Crippen LogP contribution is 2.36. The van der Waals surface area contributed by atoms with Crippen molar-refractivity contribution in [3.63, 3.8) is 0 Å². The molecule has 0 saturated heterocycles. The van der Waals surface area contributed by atoms with E-state index >= 15 is 0 Å². The lowest BCUT2D eigenvalue weighted by molar-refractivity contribution is -0.137. The Morgan fingerprint density at radius 1 is 1.07 bits per heavy atom. The van der Waals surface area contributed by atoms with E-state index < -0.39 is 17.8 Å². The number of aromatic nitrogens is 3. The van der Waals surface area contributed by atoms with Crippen molar-refractivity contribution >= 4 is 11.6 Å². The summed E-state index contributed by atoms with van der Waals surface area (Å²) in [6, 6.07) is 9.32.